The van der Waals surface area contributed by atoms with Crippen LogP contribution in [-0.4, -0.2) is 17.6 Å². The summed E-state index contributed by atoms with van der Waals surface area (Å²) in [5.41, 5.74) is 2.40. The maximum atomic E-state index is 10.4. The van der Waals surface area contributed by atoms with E-state index in [9.17, 15) is 9.59 Å². The van der Waals surface area contributed by atoms with E-state index in [1.165, 1.54) is 0 Å². The summed E-state index contributed by atoms with van der Waals surface area (Å²) in [6.45, 7) is 0. The number of hydrazine groups is 1. The molecule has 2 amide bonds. The lowest BCUT2D eigenvalue weighted by Gasteiger charge is -2.15. The molecule has 0 fully saturated rings. The summed E-state index contributed by atoms with van der Waals surface area (Å²) in [7, 11) is 0. The summed E-state index contributed by atoms with van der Waals surface area (Å²) in [4.78, 5) is 20.7. The van der Waals surface area contributed by atoms with Gasteiger partial charge in [0.15, 0.2) is 0 Å². The van der Waals surface area contributed by atoms with Crippen molar-refractivity contribution in [1.29, 1.82) is 0 Å². The molecule has 0 atom stereocenters. The molecular formula is C8H8N2O3. The van der Waals surface area contributed by atoms with Gasteiger partial charge in [0.05, 0.1) is 5.69 Å². The number of nitrogens with zero attached hydrogens (tertiary/aromatic N) is 1. The zero-order chi connectivity index (χ0) is 9.68. The second kappa shape index (κ2) is 4.10. The second-order valence-corrected chi connectivity index (χ2v) is 2.23. The Kier molecular flexibility index (Phi) is 2.86. The van der Waals surface area contributed by atoms with E-state index in [1.54, 1.807) is 30.3 Å². The average molecular weight is 180 g/mol. The van der Waals surface area contributed by atoms with Crippen LogP contribution in [0.1, 0.15) is 0 Å². The topological polar surface area (TPSA) is 69.6 Å². The van der Waals surface area contributed by atoms with Crippen molar-refractivity contribution >= 4 is 18.2 Å². The van der Waals surface area contributed by atoms with Gasteiger partial charge >= 0.3 is 6.09 Å². The molecule has 0 heterocycles. The Balaban J connectivity index is 2.78. The van der Waals surface area contributed by atoms with Crippen LogP contribution in [0, 0.1) is 0 Å². The summed E-state index contributed by atoms with van der Waals surface area (Å²) in [5.74, 6) is 0. The Morgan fingerprint density at radius 3 is 2.46 bits per heavy atom. The molecule has 0 aliphatic carbocycles. The Morgan fingerprint density at radius 1 is 1.38 bits per heavy atom. The number of carbonyl (C=O) groups excluding carboxylic acids is 1. The molecule has 13 heavy (non-hydrogen) atoms. The summed E-state index contributed by atoms with van der Waals surface area (Å²) in [5, 5.41) is 9.24. The third-order valence-corrected chi connectivity index (χ3v) is 1.36. The van der Waals surface area contributed by atoms with Gasteiger partial charge in [-0.2, -0.15) is 0 Å². The highest BCUT2D eigenvalue weighted by Gasteiger charge is 2.05. The number of rotatable bonds is 3. The van der Waals surface area contributed by atoms with Crippen molar-refractivity contribution in [3.05, 3.63) is 30.3 Å². The smallest absolute Gasteiger partial charge is 0.424 e. The molecule has 1 aromatic rings. The first-order valence-corrected chi connectivity index (χ1v) is 3.53. The van der Waals surface area contributed by atoms with Crippen molar-refractivity contribution in [1.82, 2.24) is 5.43 Å². The Bertz CT molecular complexity index is 300. The van der Waals surface area contributed by atoms with E-state index >= 15 is 0 Å². The minimum atomic E-state index is -1.28. The zero-order valence-corrected chi connectivity index (χ0v) is 6.68. The van der Waals surface area contributed by atoms with Crippen LogP contribution in [0.2, 0.25) is 0 Å². The maximum absolute atomic E-state index is 10.4. The van der Waals surface area contributed by atoms with Crippen molar-refractivity contribution in [3.63, 3.8) is 0 Å². The molecule has 0 bridgehead atoms. The van der Waals surface area contributed by atoms with Gasteiger partial charge in [-0.1, -0.05) is 18.2 Å². The lowest BCUT2D eigenvalue weighted by molar-refractivity contribution is -0.108. The molecule has 5 nitrogen and oxygen atoms in total. The van der Waals surface area contributed by atoms with Crippen molar-refractivity contribution < 1.29 is 14.7 Å². The molecule has 0 radical (unpaired) electrons. The monoisotopic (exact) mass is 180 g/mol. The predicted octanol–water partition coefficient (Wildman–Crippen LogP) is 0.832. The second-order valence-electron chi connectivity index (χ2n) is 2.23. The number of carbonyl (C=O) groups is 2. The SMILES string of the molecule is O=CN(NC(=O)O)c1ccccc1. The highest BCUT2D eigenvalue weighted by Crippen LogP contribution is 2.08. The molecule has 1 aromatic carbocycles. The van der Waals surface area contributed by atoms with Gasteiger partial charge in [-0.15, -0.1) is 0 Å². The molecule has 0 aromatic heterocycles. The summed E-state index contributed by atoms with van der Waals surface area (Å²) in [6.07, 6.45) is -0.889. The van der Waals surface area contributed by atoms with Crippen LogP contribution in [0.15, 0.2) is 30.3 Å². The lowest BCUT2D eigenvalue weighted by atomic mass is 10.3. The molecule has 0 saturated heterocycles. The first-order chi connectivity index (χ1) is 6.24. The van der Waals surface area contributed by atoms with E-state index in [4.69, 9.17) is 5.11 Å². The molecule has 0 saturated carbocycles. The summed E-state index contributed by atoms with van der Waals surface area (Å²) in [6, 6.07) is 8.41. The van der Waals surface area contributed by atoms with Crippen molar-refractivity contribution in [2.24, 2.45) is 0 Å². The van der Waals surface area contributed by atoms with Crippen LogP contribution in [0.5, 0.6) is 0 Å². The highest BCUT2D eigenvalue weighted by molar-refractivity contribution is 5.80. The molecule has 0 aliphatic rings. The van der Waals surface area contributed by atoms with Gasteiger partial charge in [0, 0.05) is 0 Å². The van der Waals surface area contributed by atoms with E-state index in [1.807, 2.05) is 5.43 Å². The van der Waals surface area contributed by atoms with Gasteiger partial charge in [0.25, 0.3) is 0 Å². The van der Waals surface area contributed by atoms with Gasteiger partial charge in [0.1, 0.15) is 0 Å². The third-order valence-electron chi connectivity index (χ3n) is 1.36. The van der Waals surface area contributed by atoms with Crippen LogP contribution in [-0.2, 0) is 4.79 Å². The minimum absolute atomic E-state index is 0.392. The van der Waals surface area contributed by atoms with E-state index in [-0.39, 0.29) is 0 Å². The quantitative estimate of drug-likeness (QED) is 0.534. The maximum Gasteiger partial charge on any atom is 0.424 e. The number of nitrogens with one attached hydrogen (secondary N) is 1. The Hall–Kier alpha value is -2.04. The Labute approximate surface area is 74.6 Å². The average Bonchev–Trinajstić information content (AvgIpc) is 2.15. The molecule has 0 aliphatic heterocycles. The summed E-state index contributed by atoms with van der Waals surface area (Å²) < 4.78 is 0. The lowest BCUT2D eigenvalue weighted by Crippen LogP contribution is -2.40. The fourth-order valence-corrected chi connectivity index (χ4v) is 0.843. The van der Waals surface area contributed by atoms with Crippen LogP contribution in [0.25, 0.3) is 0 Å². The van der Waals surface area contributed by atoms with Crippen molar-refractivity contribution in [3.8, 4) is 0 Å². The minimum Gasteiger partial charge on any atom is -0.464 e. The van der Waals surface area contributed by atoms with Crippen LogP contribution >= 0.6 is 0 Å². The number of hydrogen-bond acceptors (Lipinski definition) is 2. The van der Waals surface area contributed by atoms with Crippen LogP contribution in [0.4, 0.5) is 10.5 Å². The largest absolute Gasteiger partial charge is 0.464 e. The molecule has 1 rings (SSSR count). The standard InChI is InChI=1S/C8H8N2O3/c11-6-10(9-8(12)13)7-4-2-1-3-5-7/h1-6,9H,(H,12,13). The molecular weight excluding hydrogens is 172 g/mol. The van der Waals surface area contributed by atoms with Gasteiger partial charge < -0.3 is 5.11 Å². The molecule has 68 valence electrons. The normalized spacial score (nSPS) is 8.92. The molecule has 0 spiro atoms. The van der Waals surface area contributed by atoms with Crippen LogP contribution < -0.4 is 10.4 Å². The molecule has 0 unspecified atom stereocenters. The third kappa shape index (κ3) is 2.48. The van der Waals surface area contributed by atoms with Gasteiger partial charge in [-0.05, 0) is 12.1 Å². The predicted molar refractivity (Wildman–Crippen MR) is 46.1 cm³/mol. The molecule has 5 heteroatoms. The first-order valence-electron chi connectivity index (χ1n) is 3.53. The van der Waals surface area contributed by atoms with Gasteiger partial charge in [-0.3, -0.25) is 4.79 Å². The summed E-state index contributed by atoms with van der Waals surface area (Å²) >= 11 is 0. The van der Waals surface area contributed by atoms with Gasteiger partial charge in [0.2, 0.25) is 6.41 Å². The number of benzene rings is 1. The van der Waals surface area contributed by atoms with Crippen LogP contribution in [0.3, 0.4) is 0 Å². The van der Waals surface area contributed by atoms with E-state index in [2.05, 4.69) is 0 Å². The fourth-order valence-electron chi connectivity index (χ4n) is 0.843. The van der Waals surface area contributed by atoms with Crippen molar-refractivity contribution in [2.75, 3.05) is 5.01 Å². The number of hydrogen-bond donors (Lipinski definition) is 2. The number of carboxylic acid groups (broad SMARTS) is 1. The highest BCUT2D eigenvalue weighted by atomic mass is 16.4. The van der Waals surface area contributed by atoms with Gasteiger partial charge in [-0.25, -0.2) is 15.2 Å². The van der Waals surface area contributed by atoms with E-state index < -0.39 is 6.09 Å². The number of amides is 2. The number of para-hydroxylation sites is 1. The Morgan fingerprint density at radius 2 is 2.00 bits per heavy atom. The van der Waals surface area contributed by atoms with E-state index in [0.717, 1.165) is 5.01 Å². The number of anilines is 1. The van der Waals surface area contributed by atoms with Crippen molar-refractivity contribution in [2.45, 2.75) is 0 Å². The zero-order valence-electron chi connectivity index (χ0n) is 6.68. The fraction of sp³-hybridized carbons (Fsp3) is 0. The molecule has 2 N–H and O–H groups in total. The first kappa shape index (κ1) is 9.05. The van der Waals surface area contributed by atoms with E-state index in [0.29, 0.717) is 12.1 Å².